The van der Waals surface area contributed by atoms with Crippen molar-refractivity contribution in [3.05, 3.63) is 41.4 Å². The van der Waals surface area contributed by atoms with Crippen molar-refractivity contribution in [2.45, 2.75) is 26.4 Å². The zero-order valence-electron chi connectivity index (χ0n) is 15.7. The number of nitrogens with two attached hydrogens (primary N) is 1. The van der Waals surface area contributed by atoms with E-state index in [1.807, 2.05) is 36.9 Å². The molecule has 0 aliphatic carbocycles. The van der Waals surface area contributed by atoms with Gasteiger partial charge in [-0.2, -0.15) is 0 Å². The molecule has 2 N–H and O–H groups in total. The van der Waals surface area contributed by atoms with Crippen molar-refractivity contribution in [1.29, 1.82) is 0 Å². The van der Waals surface area contributed by atoms with E-state index in [-0.39, 0.29) is 42.7 Å². The van der Waals surface area contributed by atoms with E-state index in [0.29, 0.717) is 0 Å². The van der Waals surface area contributed by atoms with Gasteiger partial charge in [0.15, 0.2) is 0 Å². The van der Waals surface area contributed by atoms with Crippen LogP contribution in [0.2, 0.25) is 0 Å². The number of nitrogens with zero attached hydrogens (tertiary/aromatic N) is 3. The molecular weight excluding hydrogens is 403 g/mol. The Morgan fingerprint density at radius 1 is 1.15 bits per heavy atom. The molecule has 1 fully saturated rings. The maximum absolute atomic E-state index is 12.4. The molecule has 2 heterocycles. The van der Waals surface area contributed by atoms with Gasteiger partial charge in [-0.05, 0) is 6.92 Å². The van der Waals surface area contributed by atoms with E-state index in [1.54, 1.807) is 11.3 Å². The van der Waals surface area contributed by atoms with Crippen LogP contribution in [0.25, 0.3) is 10.6 Å². The van der Waals surface area contributed by atoms with Crippen LogP contribution in [0.15, 0.2) is 35.7 Å². The Labute approximate surface area is 177 Å². The Balaban J connectivity index is 0.00000182. The number of aromatic nitrogens is 1. The van der Waals surface area contributed by atoms with E-state index < -0.39 is 0 Å². The predicted molar refractivity (Wildman–Crippen MR) is 117 cm³/mol. The second-order valence-corrected chi connectivity index (χ2v) is 7.62. The first-order valence-corrected chi connectivity index (χ1v) is 9.69. The highest BCUT2D eigenvalue weighted by atomic mass is 35.5. The third-order valence-electron chi connectivity index (χ3n) is 4.82. The first-order chi connectivity index (χ1) is 12.0. The van der Waals surface area contributed by atoms with E-state index >= 15 is 0 Å². The number of rotatable bonds is 5. The summed E-state index contributed by atoms with van der Waals surface area (Å²) in [7, 11) is 0. The monoisotopic (exact) mass is 430 g/mol. The molecule has 2 atom stereocenters. The second kappa shape index (κ2) is 11.0. The Hall–Kier alpha value is -1.18. The quantitative estimate of drug-likeness (QED) is 0.790. The number of halogens is 2. The molecule has 27 heavy (non-hydrogen) atoms. The molecule has 1 aliphatic heterocycles. The molecule has 2 unspecified atom stereocenters. The van der Waals surface area contributed by atoms with Gasteiger partial charge >= 0.3 is 0 Å². The molecule has 5 nitrogen and oxygen atoms in total. The fourth-order valence-corrected chi connectivity index (χ4v) is 3.78. The number of benzene rings is 1. The molecular formula is C19H28Cl2N4OS. The van der Waals surface area contributed by atoms with Crippen LogP contribution in [-0.2, 0) is 11.3 Å². The van der Waals surface area contributed by atoms with Gasteiger partial charge in [0, 0.05) is 49.7 Å². The van der Waals surface area contributed by atoms with Gasteiger partial charge in [0.05, 0.1) is 11.6 Å². The van der Waals surface area contributed by atoms with E-state index in [9.17, 15) is 4.79 Å². The van der Waals surface area contributed by atoms with Crippen molar-refractivity contribution in [2.24, 2.45) is 11.7 Å². The predicted octanol–water partition coefficient (Wildman–Crippen LogP) is 3.28. The van der Waals surface area contributed by atoms with Crippen molar-refractivity contribution < 1.29 is 4.79 Å². The third kappa shape index (κ3) is 6.16. The smallest absolute Gasteiger partial charge is 0.227 e. The van der Waals surface area contributed by atoms with Gasteiger partial charge in [0.25, 0.3) is 0 Å². The average Bonchev–Trinajstić information content (AvgIpc) is 3.10. The number of carbonyl (C=O) groups is 1. The standard InChI is InChI=1S/C19H26N4OS.2ClH/c1-14(15(2)20)19(24)23-10-8-22(9-11-23)12-17-13-25-18(21-17)16-6-4-3-5-7-16;;/h3-7,13-15H,8-12,20H2,1-2H3;2*1H. The zero-order valence-corrected chi connectivity index (χ0v) is 18.2. The van der Waals surface area contributed by atoms with Crippen LogP contribution in [0, 0.1) is 5.92 Å². The number of carbonyl (C=O) groups excluding carboxylic acids is 1. The van der Waals surface area contributed by atoms with Gasteiger partial charge in [-0.3, -0.25) is 9.69 Å². The Bertz CT molecular complexity index is 703. The molecule has 150 valence electrons. The van der Waals surface area contributed by atoms with Gasteiger partial charge in [-0.25, -0.2) is 4.98 Å². The largest absolute Gasteiger partial charge is 0.340 e. The van der Waals surface area contributed by atoms with Crippen molar-refractivity contribution in [3.8, 4) is 10.6 Å². The van der Waals surface area contributed by atoms with Gasteiger partial charge in [0.2, 0.25) is 5.91 Å². The van der Waals surface area contributed by atoms with E-state index in [4.69, 9.17) is 10.7 Å². The molecule has 0 radical (unpaired) electrons. The van der Waals surface area contributed by atoms with Crippen LogP contribution < -0.4 is 5.73 Å². The van der Waals surface area contributed by atoms with E-state index in [0.717, 1.165) is 43.4 Å². The molecule has 8 heteroatoms. The summed E-state index contributed by atoms with van der Waals surface area (Å²) < 4.78 is 0. The van der Waals surface area contributed by atoms with Gasteiger partial charge in [-0.1, -0.05) is 37.3 Å². The number of hydrogen-bond donors (Lipinski definition) is 1. The van der Waals surface area contributed by atoms with Crippen molar-refractivity contribution in [2.75, 3.05) is 26.2 Å². The first kappa shape index (κ1) is 23.9. The average molecular weight is 431 g/mol. The minimum Gasteiger partial charge on any atom is -0.340 e. The summed E-state index contributed by atoms with van der Waals surface area (Å²) in [4.78, 5) is 21.5. The van der Waals surface area contributed by atoms with Crippen molar-refractivity contribution >= 4 is 42.1 Å². The topological polar surface area (TPSA) is 62.5 Å². The molecule has 0 saturated carbocycles. The van der Waals surface area contributed by atoms with Crippen LogP contribution >= 0.6 is 36.2 Å². The summed E-state index contributed by atoms with van der Waals surface area (Å²) in [5.41, 5.74) is 8.13. The summed E-state index contributed by atoms with van der Waals surface area (Å²) in [6.07, 6.45) is 0. The number of thiazole rings is 1. The molecule has 0 bridgehead atoms. The first-order valence-electron chi connectivity index (χ1n) is 8.81. The molecule has 1 aliphatic rings. The minimum absolute atomic E-state index is 0. The lowest BCUT2D eigenvalue weighted by Gasteiger charge is -2.36. The fourth-order valence-electron chi connectivity index (χ4n) is 2.96. The van der Waals surface area contributed by atoms with Crippen LogP contribution in [0.3, 0.4) is 0 Å². The highest BCUT2D eigenvalue weighted by Gasteiger charge is 2.26. The van der Waals surface area contributed by atoms with Crippen LogP contribution in [-0.4, -0.2) is 52.9 Å². The van der Waals surface area contributed by atoms with Crippen molar-refractivity contribution in [3.63, 3.8) is 0 Å². The van der Waals surface area contributed by atoms with E-state index in [1.165, 1.54) is 5.56 Å². The Morgan fingerprint density at radius 3 is 2.37 bits per heavy atom. The number of amides is 1. The second-order valence-electron chi connectivity index (χ2n) is 6.76. The highest BCUT2D eigenvalue weighted by molar-refractivity contribution is 7.13. The van der Waals surface area contributed by atoms with E-state index in [2.05, 4.69) is 22.4 Å². The Kier molecular flexibility index (Phi) is 9.70. The van der Waals surface area contributed by atoms with Gasteiger partial charge < -0.3 is 10.6 Å². The lowest BCUT2D eigenvalue weighted by molar-refractivity contribution is -0.137. The van der Waals surface area contributed by atoms with Crippen LogP contribution in [0.1, 0.15) is 19.5 Å². The third-order valence-corrected chi connectivity index (χ3v) is 5.76. The summed E-state index contributed by atoms with van der Waals surface area (Å²) in [6.45, 7) is 7.96. The van der Waals surface area contributed by atoms with Crippen molar-refractivity contribution in [1.82, 2.24) is 14.8 Å². The molecule has 1 aromatic carbocycles. The lowest BCUT2D eigenvalue weighted by Crippen LogP contribution is -2.51. The molecule has 0 spiro atoms. The number of hydrogen-bond acceptors (Lipinski definition) is 5. The molecule has 1 aromatic heterocycles. The normalized spacial score (nSPS) is 16.8. The summed E-state index contributed by atoms with van der Waals surface area (Å²) in [5, 5.41) is 3.20. The maximum atomic E-state index is 12.4. The highest BCUT2D eigenvalue weighted by Crippen LogP contribution is 2.24. The van der Waals surface area contributed by atoms with Gasteiger partial charge in [0.1, 0.15) is 5.01 Å². The summed E-state index contributed by atoms with van der Waals surface area (Å²) in [5.74, 6) is 0.0631. The molecule has 1 saturated heterocycles. The fraction of sp³-hybridized carbons (Fsp3) is 0.474. The molecule has 2 aromatic rings. The SMILES string of the molecule is CC(N)C(C)C(=O)N1CCN(Cc2csc(-c3ccccc3)n2)CC1.Cl.Cl. The molecule has 1 amide bonds. The van der Waals surface area contributed by atoms with Crippen LogP contribution in [0.4, 0.5) is 0 Å². The Morgan fingerprint density at radius 2 is 1.78 bits per heavy atom. The molecule has 3 rings (SSSR count). The van der Waals surface area contributed by atoms with Crippen LogP contribution in [0.5, 0.6) is 0 Å². The summed E-state index contributed by atoms with van der Waals surface area (Å²) >= 11 is 1.69. The number of piperazine rings is 1. The summed E-state index contributed by atoms with van der Waals surface area (Å²) in [6, 6.07) is 10.2. The maximum Gasteiger partial charge on any atom is 0.227 e. The lowest BCUT2D eigenvalue weighted by atomic mass is 10.0. The zero-order chi connectivity index (χ0) is 17.8. The minimum atomic E-state index is -0.112. The van der Waals surface area contributed by atoms with Gasteiger partial charge in [-0.15, -0.1) is 36.2 Å².